The summed E-state index contributed by atoms with van der Waals surface area (Å²) in [4.78, 5) is 13.4. The second-order valence-electron chi connectivity index (χ2n) is 7.00. The Hall–Kier alpha value is -2.69. The van der Waals surface area contributed by atoms with Crippen LogP contribution >= 0.6 is 23.4 Å². The van der Waals surface area contributed by atoms with Gasteiger partial charge in [0.05, 0.1) is 21.2 Å². The first-order chi connectivity index (χ1) is 16.1. The van der Waals surface area contributed by atoms with Gasteiger partial charge in [-0.2, -0.15) is 13.2 Å². The predicted octanol–water partition coefficient (Wildman–Crippen LogP) is 5.46. The average molecular weight is 529 g/mol. The highest BCUT2D eigenvalue weighted by Gasteiger charge is 2.35. The van der Waals surface area contributed by atoms with Crippen molar-refractivity contribution in [1.82, 2.24) is 5.32 Å². The molecule has 3 aromatic rings. The van der Waals surface area contributed by atoms with Crippen LogP contribution in [0.5, 0.6) is 0 Å². The second kappa shape index (κ2) is 11.2. The largest absolute Gasteiger partial charge is 0.417 e. The fourth-order valence-electron chi connectivity index (χ4n) is 2.98. The van der Waals surface area contributed by atoms with E-state index in [0.29, 0.717) is 16.1 Å². The van der Waals surface area contributed by atoms with E-state index in [1.54, 1.807) is 6.07 Å². The van der Waals surface area contributed by atoms with E-state index < -0.39 is 39.2 Å². The fraction of sp³-hybridized carbons (Fsp3) is 0.174. The maximum absolute atomic E-state index is 13.4. The molecule has 0 unspecified atom stereocenters. The van der Waals surface area contributed by atoms with Crippen molar-refractivity contribution >= 4 is 45.0 Å². The molecule has 0 aliphatic carbocycles. The van der Waals surface area contributed by atoms with Crippen molar-refractivity contribution in [3.05, 3.63) is 89.4 Å². The lowest BCUT2D eigenvalue weighted by molar-refractivity contribution is -0.137. The standard InChI is InChI=1S/C23H20ClF3N2O3S2/c24-21-12-11-17(15-20(21)23(25,26)27)29(34(31,32)19-9-5-2-6-10-19)16-22(30)28-13-14-33-18-7-3-1-4-8-18/h1-12,15H,13-14,16H2,(H,28,30). The van der Waals surface area contributed by atoms with E-state index in [0.717, 1.165) is 17.0 Å². The first-order valence-corrected chi connectivity index (χ1v) is 12.8. The minimum absolute atomic E-state index is 0.161. The van der Waals surface area contributed by atoms with Crippen molar-refractivity contribution in [2.75, 3.05) is 23.1 Å². The molecule has 3 rings (SSSR count). The molecule has 0 saturated heterocycles. The van der Waals surface area contributed by atoms with Crippen molar-refractivity contribution in [3.8, 4) is 0 Å². The van der Waals surface area contributed by atoms with E-state index in [9.17, 15) is 26.4 Å². The minimum Gasteiger partial charge on any atom is -0.354 e. The van der Waals surface area contributed by atoms with Crippen LogP contribution in [0, 0.1) is 0 Å². The van der Waals surface area contributed by atoms with Crippen LogP contribution in [0.2, 0.25) is 5.02 Å². The zero-order chi connectivity index (χ0) is 24.8. The number of hydrogen-bond donors (Lipinski definition) is 1. The Morgan fingerprint density at radius 1 is 0.971 bits per heavy atom. The lowest BCUT2D eigenvalue weighted by Gasteiger charge is -2.25. The van der Waals surface area contributed by atoms with E-state index in [2.05, 4.69) is 5.32 Å². The number of benzene rings is 3. The first kappa shape index (κ1) is 25.9. The van der Waals surface area contributed by atoms with Gasteiger partial charge in [-0.15, -0.1) is 11.8 Å². The second-order valence-corrected chi connectivity index (χ2v) is 10.4. The van der Waals surface area contributed by atoms with Gasteiger partial charge in [-0.25, -0.2) is 8.42 Å². The molecule has 1 N–H and O–H groups in total. The Bertz CT molecular complexity index is 1230. The number of alkyl halides is 3. The molecule has 180 valence electrons. The Morgan fingerprint density at radius 2 is 1.59 bits per heavy atom. The number of rotatable bonds is 9. The molecule has 0 aliphatic heterocycles. The molecule has 0 fully saturated rings. The Labute approximate surface area is 205 Å². The number of hydrogen-bond acceptors (Lipinski definition) is 4. The molecule has 0 heterocycles. The van der Waals surface area contributed by atoms with Crippen molar-refractivity contribution in [2.45, 2.75) is 16.0 Å². The molecule has 1 amide bonds. The van der Waals surface area contributed by atoms with Crippen LogP contribution in [0.15, 0.2) is 88.7 Å². The van der Waals surface area contributed by atoms with Crippen LogP contribution in [0.25, 0.3) is 0 Å². The summed E-state index contributed by atoms with van der Waals surface area (Å²) in [5, 5.41) is 2.05. The summed E-state index contributed by atoms with van der Waals surface area (Å²) >= 11 is 7.19. The molecule has 0 radical (unpaired) electrons. The van der Waals surface area contributed by atoms with Crippen LogP contribution in [-0.4, -0.2) is 33.2 Å². The number of halogens is 4. The van der Waals surface area contributed by atoms with Gasteiger partial charge in [-0.05, 0) is 42.5 Å². The third-order valence-electron chi connectivity index (χ3n) is 4.60. The quantitative estimate of drug-likeness (QED) is 0.296. The topological polar surface area (TPSA) is 66.5 Å². The highest BCUT2D eigenvalue weighted by molar-refractivity contribution is 7.99. The maximum atomic E-state index is 13.4. The van der Waals surface area contributed by atoms with E-state index in [-0.39, 0.29) is 17.1 Å². The van der Waals surface area contributed by atoms with Crippen LogP contribution in [-0.2, 0) is 21.0 Å². The summed E-state index contributed by atoms with van der Waals surface area (Å²) in [6.45, 7) is -0.460. The van der Waals surface area contributed by atoms with E-state index in [1.165, 1.54) is 36.0 Å². The van der Waals surface area contributed by atoms with Crippen molar-refractivity contribution in [1.29, 1.82) is 0 Å². The number of carbonyl (C=O) groups is 1. The number of carbonyl (C=O) groups excluding carboxylic acids is 1. The third-order valence-corrected chi connectivity index (χ3v) is 7.73. The van der Waals surface area contributed by atoms with Gasteiger partial charge in [0.2, 0.25) is 5.91 Å². The van der Waals surface area contributed by atoms with Crippen LogP contribution in [0.1, 0.15) is 5.56 Å². The van der Waals surface area contributed by atoms with Crippen molar-refractivity contribution in [3.63, 3.8) is 0 Å². The Balaban J connectivity index is 1.82. The molecule has 0 aliphatic rings. The molecule has 5 nitrogen and oxygen atoms in total. The average Bonchev–Trinajstić information content (AvgIpc) is 2.81. The van der Waals surface area contributed by atoms with Crippen molar-refractivity contribution in [2.24, 2.45) is 0 Å². The van der Waals surface area contributed by atoms with Gasteiger partial charge in [-0.3, -0.25) is 9.10 Å². The highest BCUT2D eigenvalue weighted by atomic mass is 35.5. The normalized spacial score (nSPS) is 11.8. The SMILES string of the molecule is O=C(CN(c1ccc(Cl)c(C(F)(F)F)c1)S(=O)(=O)c1ccccc1)NCCSc1ccccc1. The van der Waals surface area contributed by atoms with Gasteiger partial charge in [0.25, 0.3) is 10.0 Å². The molecule has 0 saturated carbocycles. The molecule has 11 heteroatoms. The van der Waals surface area contributed by atoms with Gasteiger partial charge >= 0.3 is 6.18 Å². The van der Waals surface area contributed by atoms with Gasteiger partial charge in [0, 0.05) is 17.2 Å². The fourth-order valence-corrected chi connectivity index (χ4v) is 5.43. The molecule has 34 heavy (non-hydrogen) atoms. The third kappa shape index (κ3) is 6.68. The van der Waals surface area contributed by atoms with Crippen LogP contribution < -0.4 is 9.62 Å². The van der Waals surface area contributed by atoms with Crippen LogP contribution in [0.3, 0.4) is 0 Å². The van der Waals surface area contributed by atoms with Gasteiger partial charge in [0.1, 0.15) is 6.54 Å². The predicted molar refractivity (Wildman–Crippen MR) is 128 cm³/mol. The molecular formula is C23H20ClF3N2O3S2. The molecule has 0 atom stereocenters. The smallest absolute Gasteiger partial charge is 0.354 e. The summed E-state index contributed by atoms with van der Waals surface area (Å²) in [5.74, 6) is -0.128. The Morgan fingerprint density at radius 3 is 2.21 bits per heavy atom. The number of thioether (sulfide) groups is 1. The molecule has 0 bridgehead atoms. The van der Waals surface area contributed by atoms with Crippen LogP contribution in [0.4, 0.5) is 18.9 Å². The number of nitrogens with zero attached hydrogens (tertiary/aromatic N) is 1. The maximum Gasteiger partial charge on any atom is 0.417 e. The van der Waals surface area contributed by atoms with E-state index >= 15 is 0 Å². The van der Waals surface area contributed by atoms with E-state index in [4.69, 9.17) is 11.6 Å². The summed E-state index contributed by atoms with van der Waals surface area (Å²) in [6.07, 6.45) is -4.80. The lowest BCUT2D eigenvalue weighted by Crippen LogP contribution is -2.41. The number of anilines is 1. The minimum atomic E-state index is -4.80. The number of sulfonamides is 1. The Kier molecular flexibility index (Phi) is 8.51. The number of nitrogens with one attached hydrogen (secondary N) is 1. The molecule has 0 spiro atoms. The summed E-state index contributed by atoms with van der Waals surface area (Å²) in [7, 11) is -4.34. The summed E-state index contributed by atoms with van der Waals surface area (Å²) in [6, 6.07) is 19.4. The molecular weight excluding hydrogens is 509 g/mol. The van der Waals surface area contributed by atoms with Crippen molar-refractivity contribution < 1.29 is 26.4 Å². The molecule has 3 aromatic carbocycles. The van der Waals surface area contributed by atoms with Gasteiger partial charge in [0.15, 0.2) is 0 Å². The first-order valence-electron chi connectivity index (χ1n) is 9.98. The lowest BCUT2D eigenvalue weighted by atomic mass is 10.2. The number of amides is 1. The highest BCUT2D eigenvalue weighted by Crippen LogP contribution is 2.38. The zero-order valence-electron chi connectivity index (χ0n) is 17.6. The summed E-state index contributed by atoms with van der Waals surface area (Å²) < 4.78 is 67.3. The zero-order valence-corrected chi connectivity index (χ0v) is 20.0. The molecule has 0 aromatic heterocycles. The van der Waals surface area contributed by atoms with Gasteiger partial charge < -0.3 is 5.32 Å². The van der Waals surface area contributed by atoms with E-state index in [1.807, 2.05) is 30.3 Å². The summed E-state index contributed by atoms with van der Waals surface area (Å²) in [5.41, 5.74) is -1.52. The van der Waals surface area contributed by atoms with Gasteiger partial charge in [-0.1, -0.05) is 48.0 Å². The monoisotopic (exact) mass is 528 g/mol.